The molecule has 1 fully saturated rings. The summed E-state index contributed by atoms with van der Waals surface area (Å²) in [4.78, 5) is 14.7. The number of aliphatic hydroxyl groups excluding tert-OH is 1. The lowest BCUT2D eigenvalue weighted by molar-refractivity contribution is 0.0905. The molecule has 1 aromatic rings. The molecule has 2 unspecified atom stereocenters. The van der Waals surface area contributed by atoms with E-state index in [4.69, 9.17) is 11.6 Å². The first-order valence-electron chi connectivity index (χ1n) is 6.43. The number of aromatic amines is 1. The Morgan fingerprint density at radius 3 is 2.78 bits per heavy atom. The van der Waals surface area contributed by atoms with Gasteiger partial charge in [0.15, 0.2) is 0 Å². The summed E-state index contributed by atoms with van der Waals surface area (Å²) in [5.74, 6) is 0.577. The molecule has 0 saturated heterocycles. The minimum atomic E-state index is -0.135. The van der Waals surface area contributed by atoms with Gasteiger partial charge in [0.2, 0.25) is 0 Å². The number of carbonyl (C=O) groups excluding carboxylic acids is 1. The van der Waals surface area contributed by atoms with Crippen molar-refractivity contribution in [1.29, 1.82) is 0 Å². The van der Waals surface area contributed by atoms with Gasteiger partial charge in [-0.1, -0.05) is 24.4 Å². The van der Waals surface area contributed by atoms with E-state index in [9.17, 15) is 9.90 Å². The topological polar surface area (TPSA) is 65.1 Å². The molecule has 18 heavy (non-hydrogen) atoms. The van der Waals surface area contributed by atoms with Gasteiger partial charge in [-0.25, -0.2) is 0 Å². The molecule has 0 radical (unpaired) electrons. The molecular formula is C13H19ClN2O2. The highest BCUT2D eigenvalue weighted by atomic mass is 35.5. The van der Waals surface area contributed by atoms with Crippen molar-refractivity contribution in [2.24, 2.45) is 11.8 Å². The highest BCUT2D eigenvalue weighted by molar-refractivity contribution is 6.30. The van der Waals surface area contributed by atoms with Crippen molar-refractivity contribution in [2.75, 3.05) is 13.2 Å². The molecule has 100 valence electrons. The number of carbonyl (C=O) groups is 1. The fourth-order valence-corrected chi connectivity index (χ4v) is 2.78. The third-order valence-corrected chi connectivity index (χ3v) is 3.94. The Kier molecular flexibility index (Phi) is 4.66. The zero-order valence-electron chi connectivity index (χ0n) is 10.3. The second-order valence-electron chi connectivity index (χ2n) is 4.93. The molecular weight excluding hydrogens is 252 g/mol. The zero-order valence-corrected chi connectivity index (χ0v) is 11.0. The van der Waals surface area contributed by atoms with Gasteiger partial charge < -0.3 is 15.4 Å². The molecule has 1 heterocycles. The lowest BCUT2D eigenvalue weighted by Gasteiger charge is -2.30. The number of amides is 1. The van der Waals surface area contributed by atoms with Gasteiger partial charge in [0.05, 0.1) is 5.02 Å². The van der Waals surface area contributed by atoms with Crippen LogP contribution in [0.5, 0.6) is 0 Å². The number of H-pyrrole nitrogens is 1. The van der Waals surface area contributed by atoms with Crippen molar-refractivity contribution in [1.82, 2.24) is 10.3 Å². The monoisotopic (exact) mass is 270 g/mol. The van der Waals surface area contributed by atoms with Crippen LogP contribution >= 0.6 is 11.6 Å². The fraction of sp³-hybridized carbons (Fsp3) is 0.615. The van der Waals surface area contributed by atoms with Crippen LogP contribution in [0, 0.1) is 11.8 Å². The molecule has 4 nitrogen and oxygen atoms in total. The summed E-state index contributed by atoms with van der Waals surface area (Å²) in [5.41, 5.74) is 0.483. The van der Waals surface area contributed by atoms with Crippen LogP contribution in [0.25, 0.3) is 0 Å². The smallest absolute Gasteiger partial charge is 0.267 e. The number of hydrogen-bond donors (Lipinski definition) is 3. The maximum Gasteiger partial charge on any atom is 0.267 e. The lowest BCUT2D eigenvalue weighted by Crippen LogP contribution is -2.35. The molecule has 1 aliphatic carbocycles. The Hall–Kier alpha value is -1.00. The number of hydrogen-bond acceptors (Lipinski definition) is 2. The number of aliphatic hydroxyl groups is 1. The number of aromatic nitrogens is 1. The molecule has 5 heteroatoms. The van der Waals surface area contributed by atoms with Gasteiger partial charge in [-0.15, -0.1) is 0 Å². The molecule has 1 aliphatic rings. The first-order chi connectivity index (χ1) is 8.70. The Bertz CT molecular complexity index is 405. The van der Waals surface area contributed by atoms with E-state index >= 15 is 0 Å². The van der Waals surface area contributed by atoms with E-state index in [-0.39, 0.29) is 12.5 Å². The number of rotatable bonds is 4. The van der Waals surface area contributed by atoms with E-state index in [0.29, 0.717) is 29.1 Å². The van der Waals surface area contributed by atoms with E-state index in [1.807, 2.05) is 0 Å². The molecule has 3 N–H and O–H groups in total. The molecule has 1 aromatic heterocycles. The van der Waals surface area contributed by atoms with Gasteiger partial charge in [0.25, 0.3) is 5.91 Å². The molecule has 0 bridgehead atoms. The van der Waals surface area contributed by atoms with Crippen molar-refractivity contribution >= 4 is 17.5 Å². The summed E-state index contributed by atoms with van der Waals surface area (Å²) in [7, 11) is 0. The van der Waals surface area contributed by atoms with Gasteiger partial charge in [0, 0.05) is 19.3 Å². The minimum absolute atomic E-state index is 0.135. The Morgan fingerprint density at radius 2 is 2.17 bits per heavy atom. The highest BCUT2D eigenvalue weighted by Crippen LogP contribution is 2.29. The highest BCUT2D eigenvalue weighted by Gasteiger charge is 2.24. The minimum Gasteiger partial charge on any atom is -0.396 e. The van der Waals surface area contributed by atoms with Crippen LogP contribution in [0.3, 0.4) is 0 Å². The molecule has 1 saturated carbocycles. The van der Waals surface area contributed by atoms with Crippen LogP contribution in [0.15, 0.2) is 12.3 Å². The van der Waals surface area contributed by atoms with Crippen LogP contribution in [0.2, 0.25) is 5.02 Å². The Balaban J connectivity index is 1.85. The second-order valence-corrected chi connectivity index (χ2v) is 5.37. The van der Waals surface area contributed by atoms with E-state index in [2.05, 4.69) is 10.3 Å². The fourth-order valence-electron chi connectivity index (χ4n) is 2.61. The van der Waals surface area contributed by atoms with Gasteiger partial charge >= 0.3 is 0 Å². The summed E-state index contributed by atoms with van der Waals surface area (Å²) in [5, 5.41) is 12.8. The van der Waals surface area contributed by atoms with E-state index in [1.54, 1.807) is 12.3 Å². The summed E-state index contributed by atoms with van der Waals surface area (Å²) < 4.78 is 0. The number of nitrogens with one attached hydrogen (secondary N) is 2. The van der Waals surface area contributed by atoms with Crippen LogP contribution in [-0.4, -0.2) is 29.1 Å². The average molecular weight is 271 g/mol. The van der Waals surface area contributed by atoms with Gasteiger partial charge in [-0.3, -0.25) is 4.79 Å². The Morgan fingerprint density at radius 1 is 1.44 bits per heavy atom. The second kappa shape index (κ2) is 6.25. The number of halogens is 1. The van der Waals surface area contributed by atoms with Crippen molar-refractivity contribution in [2.45, 2.75) is 25.7 Å². The standard InChI is InChI=1S/C13H19ClN2O2/c14-11-5-12(15-7-11)13(18)16-6-9-3-1-2-4-10(9)8-17/h5,7,9-10,15,17H,1-4,6,8H2,(H,16,18). The normalized spacial score (nSPS) is 23.9. The predicted octanol–water partition coefficient (Wildman–Crippen LogP) is 2.20. The SMILES string of the molecule is O=C(NCC1CCCCC1CO)c1cc(Cl)c[nH]1. The summed E-state index contributed by atoms with van der Waals surface area (Å²) in [6, 6.07) is 1.61. The van der Waals surface area contributed by atoms with E-state index in [0.717, 1.165) is 12.8 Å². The Labute approximate surface area is 112 Å². The molecule has 0 spiro atoms. The maximum atomic E-state index is 11.8. The first-order valence-corrected chi connectivity index (χ1v) is 6.81. The van der Waals surface area contributed by atoms with Crippen molar-refractivity contribution in [3.8, 4) is 0 Å². The maximum absolute atomic E-state index is 11.8. The molecule has 2 rings (SSSR count). The van der Waals surface area contributed by atoms with Crippen molar-refractivity contribution in [3.05, 3.63) is 23.0 Å². The van der Waals surface area contributed by atoms with Gasteiger partial charge in [-0.05, 0) is 30.7 Å². The summed E-state index contributed by atoms with van der Waals surface area (Å²) in [6.45, 7) is 0.843. The lowest BCUT2D eigenvalue weighted by atomic mass is 9.79. The summed E-state index contributed by atoms with van der Waals surface area (Å²) in [6.07, 6.45) is 6.10. The van der Waals surface area contributed by atoms with Crippen LogP contribution < -0.4 is 5.32 Å². The third kappa shape index (κ3) is 3.27. The largest absolute Gasteiger partial charge is 0.396 e. The molecule has 2 atom stereocenters. The molecule has 0 aliphatic heterocycles. The van der Waals surface area contributed by atoms with E-state index < -0.39 is 0 Å². The van der Waals surface area contributed by atoms with Crippen LogP contribution in [0.1, 0.15) is 36.2 Å². The molecule has 1 amide bonds. The first kappa shape index (κ1) is 13.4. The van der Waals surface area contributed by atoms with Crippen molar-refractivity contribution in [3.63, 3.8) is 0 Å². The molecule has 0 aromatic carbocycles. The van der Waals surface area contributed by atoms with E-state index in [1.165, 1.54) is 12.8 Å². The van der Waals surface area contributed by atoms with Crippen LogP contribution in [0.4, 0.5) is 0 Å². The predicted molar refractivity (Wildman–Crippen MR) is 70.7 cm³/mol. The van der Waals surface area contributed by atoms with Gasteiger partial charge in [-0.2, -0.15) is 0 Å². The van der Waals surface area contributed by atoms with Crippen LogP contribution in [-0.2, 0) is 0 Å². The summed E-state index contributed by atoms with van der Waals surface area (Å²) >= 11 is 5.75. The average Bonchev–Trinajstić information content (AvgIpc) is 2.83. The zero-order chi connectivity index (χ0) is 13.0. The third-order valence-electron chi connectivity index (χ3n) is 3.72. The van der Waals surface area contributed by atoms with Crippen molar-refractivity contribution < 1.29 is 9.90 Å². The van der Waals surface area contributed by atoms with Gasteiger partial charge in [0.1, 0.15) is 5.69 Å². The quantitative estimate of drug-likeness (QED) is 0.785.